The van der Waals surface area contributed by atoms with Crippen molar-refractivity contribution in [2.45, 2.75) is 0 Å². The summed E-state index contributed by atoms with van der Waals surface area (Å²) in [4.78, 5) is 15.6. The van der Waals surface area contributed by atoms with Crippen molar-refractivity contribution in [2.24, 2.45) is 0 Å². The average Bonchev–Trinajstić information content (AvgIpc) is 3.71. The third-order valence-electron chi connectivity index (χ3n) is 9.26. The second kappa shape index (κ2) is 10.5. The molecule has 48 heavy (non-hydrogen) atoms. The van der Waals surface area contributed by atoms with Crippen LogP contribution in [-0.4, -0.2) is 19.5 Å². The van der Waals surface area contributed by atoms with E-state index in [1.807, 2.05) is 36.4 Å². The first kappa shape index (κ1) is 26.6. The van der Waals surface area contributed by atoms with Crippen molar-refractivity contribution in [2.75, 3.05) is 0 Å². The fourth-order valence-electron chi connectivity index (χ4n) is 7.06. The first-order valence-electron chi connectivity index (χ1n) is 16.0. The Bertz CT molecular complexity index is 2850. The topological polar surface area (TPSA) is 56.7 Å². The van der Waals surface area contributed by atoms with Crippen LogP contribution in [-0.2, 0) is 0 Å². The van der Waals surface area contributed by atoms with Crippen LogP contribution in [0.5, 0.6) is 0 Å². The SMILES string of the molecule is c1ccc(-c2cccc(-c3nc(-c4cccc5c4oc4ccccc45)nc(-n4c5ccccc5c5c6ccccc6ccc54)n3)c2)cc1. The molecule has 224 valence electrons. The molecule has 0 atom stereocenters. The molecule has 7 aromatic carbocycles. The zero-order valence-electron chi connectivity index (χ0n) is 25.7. The van der Waals surface area contributed by atoms with Gasteiger partial charge in [-0.15, -0.1) is 0 Å². The maximum atomic E-state index is 6.47. The minimum atomic E-state index is 0.551. The predicted octanol–water partition coefficient (Wildman–Crippen LogP) is 11.0. The number of furan rings is 1. The molecule has 0 saturated carbocycles. The number of fused-ring (bicyclic) bond motifs is 8. The highest BCUT2D eigenvalue weighted by molar-refractivity contribution is 6.21. The second-order valence-electron chi connectivity index (χ2n) is 12.0. The highest BCUT2D eigenvalue weighted by Crippen LogP contribution is 2.38. The van der Waals surface area contributed by atoms with Gasteiger partial charge in [0.1, 0.15) is 11.2 Å². The molecule has 0 bridgehead atoms. The lowest BCUT2D eigenvalue weighted by atomic mass is 10.0. The van der Waals surface area contributed by atoms with Gasteiger partial charge in [-0.05, 0) is 52.2 Å². The van der Waals surface area contributed by atoms with Gasteiger partial charge in [0.25, 0.3) is 0 Å². The van der Waals surface area contributed by atoms with Crippen LogP contribution in [0.25, 0.3) is 94.4 Å². The van der Waals surface area contributed by atoms with Crippen LogP contribution in [0.3, 0.4) is 0 Å². The van der Waals surface area contributed by atoms with Crippen molar-refractivity contribution < 1.29 is 4.42 Å². The highest BCUT2D eigenvalue weighted by Gasteiger charge is 2.21. The highest BCUT2D eigenvalue weighted by atomic mass is 16.3. The Hall–Kier alpha value is -6.59. The Labute approximate surface area is 275 Å². The van der Waals surface area contributed by atoms with Gasteiger partial charge in [0, 0.05) is 27.1 Å². The summed E-state index contributed by atoms with van der Waals surface area (Å²) in [6, 6.07) is 54.5. The third-order valence-corrected chi connectivity index (χ3v) is 9.26. The summed E-state index contributed by atoms with van der Waals surface area (Å²) in [5, 5.41) is 6.81. The van der Waals surface area contributed by atoms with E-state index in [1.165, 1.54) is 16.2 Å². The van der Waals surface area contributed by atoms with Gasteiger partial charge in [0.15, 0.2) is 11.6 Å². The van der Waals surface area contributed by atoms with Crippen LogP contribution in [0.2, 0.25) is 0 Å². The molecule has 5 nitrogen and oxygen atoms in total. The third kappa shape index (κ3) is 4.08. The first-order valence-corrected chi connectivity index (χ1v) is 16.0. The fraction of sp³-hybridized carbons (Fsp3) is 0. The monoisotopic (exact) mass is 614 g/mol. The molecule has 10 rings (SSSR count). The Balaban J connectivity index is 1.29. The first-order chi connectivity index (χ1) is 23.8. The van der Waals surface area contributed by atoms with Crippen molar-refractivity contribution in [1.82, 2.24) is 19.5 Å². The Morgan fingerprint density at radius 2 is 1.12 bits per heavy atom. The Morgan fingerprint density at radius 3 is 2.04 bits per heavy atom. The molecule has 0 radical (unpaired) electrons. The summed E-state index contributed by atoms with van der Waals surface area (Å²) in [5.74, 6) is 1.69. The number of nitrogens with zero attached hydrogens (tertiary/aromatic N) is 4. The molecule has 0 aliphatic carbocycles. The van der Waals surface area contributed by atoms with Gasteiger partial charge < -0.3 is 4.42 Å². The maximum Gasteiger partial charge on any atom is 0.238 e. The van der Waals surface area contributed by atoms with Crippen molar-refractivity contribution in [3.05, 3.63) is 158 Å². The van der Waals surface area contributed by atoms with Crippen LogP contribution in [0.1, 0.15) is 0 Å². The minimum Gasteiger partial charge on any atom is -0.455 e. The van der Waals surface area contributed by atoms with E-state index in [9.17, 15) is 0 Å². The molecule has 0 spiro atoms. The van der Waals surface area contributed by atoms with Crippen LogP contribution in [0.4, 0.5) is 0 Å². The van der Waals surface area contributed by atoms with E-state index in [-0.39, 0.29) is 0 Å². The molecule has 0 N–H and O–H groups in total. The smallest absolute Gasteiger partial charge is 0.238 e. The molecular weight excluding hydrogens is 589 g/mol. The molecule has 0 aliphatic heterocycles. The Morgan fingerprint density at radius 1 is 0.438 bits per heavy atom. The minimum absolute atomic E-state index is 0.551. The second-order valence-corrected chi connectivity index (χ2v) is 12.0. The van der Waals surface area contributed by atoms with Crippen LogP contribution in [0.15, 0.2) is 162 Å². The van der Waals surface area contributed by atoms with Crippen LogP contribution < -0.4 is 0 Å². The zero-order valence-corrected chi connectivity index (χ0v) is 25.7. The molecule has 0 unspecified atom stereocenters. The van der Waals surface area contributed by atoms with E-state index < -0.39 is 0 Å². The number of rotatable bonds is 4. The fourth-order valence-corrected chi connectivity index (χ4v) is 7.06. The molecular formula is C43H26N4O. The van der Waals surface area contributed by atoms with E-state index in [1.54, 1.807) is 0 Å². The van der Waals surface area contributed by atoms with Crippen molar-refractivity contribution in [3.8, 4) is 39.9 Å². The normalized spacial score (nSPS) is 11.8. The van der Waals surface area contributed by atoms with E-state index in [0.717, 1.165) is 60.6 Å². The molecule has 10 aromatic rings. The molecule has 3 aromatic heterocycles. The lowest BCUT2D eigenvalue weighted by molar-refractivity contribution is 0.669. The number of hydrogen-bond acceptors (Lipinski definition) is 4. The molecule has 0 amide bonds. The largest absolute Gasteiger partial charge is 0.455 e. The van der Waals surface area contributed by atoms with Gasteiger partial charge >= 0.3 is 0 Å². The summed E-state index contributed by atoms with van der Waals surface area (Å²) in [6.45, 7) is 0. The summed E-state index contributed by atoms with van der Waals surface area (Å²) in [6.07, 6.45) is 0. The number of aromatic nitrogens is 4. The van der Waals surface area contributed by atoms with Gasteiger partial charge in [-0.25, -0.2) is 4.98 Å². The van der Waals surface area contributed by atoms with Crippen molar-refractivity contribution in [1.29, 1.82) is 0 Å². The van der Waals surface area contributed by atoms with E-state index in [4.69, 9.17) is 19.4 Å². The van der Waals surface area contributed by atoms with Gasteiger partial charge in [0.05, 0.1) is 16.6 Å². The standard InChI is InChI=1S/C43H26N4O/c1-2-12-27(13-3-1)29-15-10-16-30(26-29)41-44-42(35-21-11-20-33-32-18-7-9-23-38(32)48-40(33)35)46-43(45-41)47-36-22-8-6-19-34(36)39-31-17-5-4-14-28(31)24-25-37(39)47/h1-26H. The van der Waals surface area contributed by atoms with Gasteiger partial charge in [0.2, 0.25) is 5.95 Å². The van der Waals surface area contributed by atoms with E-state index in [0.29, 0.717) is 17.6 Å². The van der Waals surface area contributed by atoms with Crippen LogP contribution in [0, 0.1) is 0 Å². The summed E-state index contributed by atoms with van der Waals surface area (Å²) in [5.41, 5.74) is 7.62. The molecule has 3 heterocycles. The molecule has 0 aliphatic rings. The summed E-state index contributed by atoms with van der Waals surface area (Å²) in [7, 11) is 0. The quantitative estimate of drug-likeness (QED) is 0.198. The number of para-hydroxylation sites is 3. The molecule has 5 heteroatoms. The lowest BCUT2D eigenvalue weighted by Gasteiger charge is -2.12. The maximum absolute atomic E-state index is 6.47. The number of benzene rings is 7. The van der Waals surface area contributed by atoms with Gasteiger partial charge in [-0.1, -0.05) is 127 Å². The average molecular weight is 615 g/mol. The van der Waals surface area contributed by atoms with Crippen LogP contribution >= 0.6 is 0 Å². The molecule has 0 fully saturated rings. The predicted molar refractivity (Wildman–Crippen MR) is 195 cm³/mol. The summed E-state index contributed by atoms with van der Waals surface area (Å²) < 4.78 is 8.64. The summed E-state index contributed by atoms with van der Waals surface area (Å²) >= 11 is 0. The zero-order chi connectivity index (χ0) is 31.6. The van der Waals surface area contributed by atoms with Gasteiger partial charge in [-0.3, -0.25) is 4.57 Å². The van der Waals surface area contributed by atoms with E-state index >= 15 is 0 Å². The Kier molecular flexibility index (Phi) is 5.81. The van der Waals surface area contributed by atoms with Crippen molar-refractivity contribution in [3.63, 3.8) is 0 Å². The van der Waals surface area contributed by atoms with E-state index in [2.05, 4.69) is 126 Å². The molecule has 0 saturated heterocycles. The van der Waals surface area contributed by atoms with Gasteiger partial charge in [-0.2, -0.15) is 9.97 Å². The lowest BCUT2D eigenvalue weighted by Crippen LogP contribution is -2.06. The number of hydrogen-bond donors (Lipinski definition) is 0. The van der Waals surface area contributed by atoms with Crippen molar-refractivity contribution >= 4 is 54.5 Å².